The summed E-state index contributed by atoms with van der Waals surface area (Å²) in [6.45, 7) is 2.14. The molecule has 104 valence electrons. The molecule has 0 aromatic carbocycles. The van der Waals surface area contributed by atoms with Crippen molar-refractivity contribution in [1.82, 2.24) is 10.6 Å². The molecule has 5 nitrogen and oxygen atoms in total. The number of carboxylic acid groups (broad SMARTS) is 1. The van der Waals surface area contributed by atoms with Crippen molar-refractivity contribution < 1.29 is 14.7 Å². The fourth-order valence-electron chi connectivity index (χ4n) is 2.37. The van der Waals surface area contributed by atoms with E-state index in [4.69, 9.17) is 5.11 Å². The van der Waals surface area contributed by atoms with E-state index < -0.39 is 5.97 Å². The van der Waals surface area contributed by atoms with Crippen LogP contribution < -0.4 is 10.6 Å². The molecule has 3 N–H and O–H groups in total. The SMILES string of the molecule is CCCC[C@H]1NC(=O)N[C@@H]1CCCCCC(=O)O. The Morgan fingerprint density at radius 2 is 1.72 bits per heavy atom. The predicted molar refractivity (Wildman–Crippen MR) is 69.5 cm³/mol. The Morgan fingerprint density at radius 3 is 2.28 bits per heavy atom. The molecule has 0 aromatic heterocycles. The molecule has 2 atom stereocenters. The Morgan fingerprint density at radius 1 is 1.11 bits per heavy atom. The number of carbonyl (C=O) groups excluding carboxylic acids is 1. The molecule has 0 radical (unpaired) electrons. The molecule has 0 aromatic rings. The number of unbranched alkanes of at least 4 members (excludes halogenated alkanes) is 3. The molecule has 0 aliphatic carbocycles. The summed E-state index contributed by atoms with van der Waals surface area (Å²) in [4.78, 5) is 21.7. The van der Waals surface area contributed by atoms with E-state index in [2.05, 4.69) is 17.6 Å². The highest BCUT2D eigenvalue weighted by molar-refractivity contribution is 5.77. The van der Waals surface area contributed by atoms with Crippen molar-refractivity contribution in [1.29, 1.82) is 0 Å². The third kappa shape index (κ3) is 5.38. The summed E-state index contributed by atoms with van der Waals surface area (Å²) in [5.41, 5.74) is 0. The van der Waals surface area contributed by atoms with E-state index in [0.29, 0.717) is 0 Å². The number of nitrogens with one attached hydrogen (secondary N) is 2. The van der Waals surface area contributed by atoms with Crippen LogP contribution in [0.25, 0.3) is 0 Å². The molecule has 1 saturated heterocycles. The summed E-state index contributed by atoms with van der Waals surface area (Å²) in [5, 5.41) is 14.4. The summed E-state index contributed by atoms with van der Waals surface area (Å²) in [6.07, 6.45) is 7.08. The second kappa shape index (κ2) is 7.95. The van der Waals surface area contributed by atoms with Crippen LogP contribution in [-0.4, -0.2) is 29.2 Å². The molecule has 1 fully saturated rings. The quantitative estimate of drug-likeness (QED) is 0.554. The van der Waals surface area contributed by atoms with Crippen molar-refractivity contribution in [3.8, 4) is 0 Å². The average Bonchev–Trinajstić information content (AvgIpc) is 2.66. The van der Waals surface area contributed by atoms with Crippen molar-refractivity contribution in [2.24, 2.45) is 0 Å². The maximum Gasteiger partial charge on any atom is 0.315 e. The van der Waals surface area contributed by atoms with Crippen LogP contribution in [0.4, 0.5) is 4.79 Å². The number of amides is 2. The van der Waals surface area contributed by atoms with E-state index in [1.54, 1.807) is 0 Å². The van der Waals surface area contributed by atoms with Crippen LogP contribution >= 0.6 is 0 Å². The lowest BCUT2D eigenvalue weighted by molar-refractivity contribution is -0.137. The number of hydrogen-bond acceptors (Lipinski definition) is 2. The normalized spacial score (nSPS) is 22.6. The van der Waals surface area contributed by atoms with Gasteiger partial charge in [-0.05, 0) is 19.3 Å². The van der Waals surface area contributed by atoms with Gasteiger partial charge >= 0.3 is 12.0 Å². The van der Waals surface area contributed by atoms with Gasteiger partial charge in [0.2, 0.25) is 0 Å². The van der Waals surface area contributed by atoms with Gasteiger partial charge in [0, 0.05) is 6.42 Å². The van der Waals surface area contributed by atoms with Gasteiger partial charge in [0.05, 0.1) is 12.1 Å². The molecular weight excluding hydrogens is 232 g/mol. The molecule has 0 bridgehead atoms. The summed E-state index contributed by atoms with van der Waals surface area (Å²) in [5.74, 6) is -0.730. The highest BCUT2D eigenvalue weighted by atomic mass is 16.4. The minimum atomic E-state index is -0.730. The van der Waals surface area contributed by atoms with Gasteiger partial charge in [-0.25, -0.2) is 4.79 Å². The first-order valence-corrected chi connectivity index (χ1v) is 6.92. The number of rotatable bonds is 9. The summed E-state index contributed by atoms with van der Waals surface area (Å²) in [7, 11) is 0. The molecule has 0 saturated carbocycles. The van der Waals surface area contributed by atoms with E-state index in [1.807, 2.05) is 0 Å². The molecular formula is C13H24N2O3. The maximum absolute atomic E-state index is 11.3. The Kier molecular flexibility index (Phi) is 6.54. The lowest BCUT2D eigenvalue weighted by atomic mass is 9.98. The molecule has 2 amide bonds. The Balaban J connectivity index is 2.18. The van der Waals surface area contributed by atoms with Crippen molar-refractivity contribution in [3.63, 3.8) is 0 Å². The first-order chi connectivity index (χ1) is 8.63. The molecule has 1 rings (SSSR count). The highest BCUT2D eigenvalue weighted by Gasteiger charge is 2.29. The van der Waals surface area contributed by atoms with Gasteiger partial charge in [-0.15, -0.1) is 0 Å². The van der Waals surface area contributed by atoms with Gasteiger partial charge in [-0.2, -0.15) is 0 Å². The highest BCUT2D eigenvalue weighted by Crippen LogP contribution is 2.16. The van der Waals surface area contributed by atoms with Gasteiger partial charge in [-0.1, -0.05) is 32.6 Å². The molecule has 18 heavy (non-hydrogen) atoms. The van der Waals surface area contributed by atoms with Crippen LogP contribution in [0.15, 0.2) is 0 Å². The van der Waals surface area contributed by atoms with Gasteiger partial charge in [0.25, 0.3) is 0 Å². The van der Waals surface area contributed by atoms with Crippen molar-refractivity contribution in [2.45, 2.75) is 70.4 Å². The smallest absolute Gasteiger partial charge is 0.315 e. The zero-order valence-corrected chi connectivity index (χ0v) is 11.1. The fourth-order valence-corrected chi connectivity index (χ4v) is 2.37. The molecule has 1 aliphatic rings. The monoisotopic (exact) mass is 256 g/mol. The first kappa shape index (κ1) is 14.8. The largest absolute Gasteiger partial charge is 0.481 e. The second-order valence-electron chi connectivity index (χ2n) is 4.97. The van der Waals surface area contributed by atoms with E-state index in [-0.39, 0.29) is 24.5 Å². The number of urea groups is 1. The number of carbonyl (C=O) groups is 2. The molecule has 0 unspecified atom stereocenters. The zero-order chi connectivity index (χ0) is 13.4. The Bertz CT molecular complexity index is 281. The van der Waals surface area contributed by atoms with Gasteiger partial charge in [0.1, 0.15) is 0 Å². The standard InChI is InChI=1S/C13H24N2O3/c1-2-3-7-10-11(15-13(18)14-10)8-5-4-6-9-12(16)17/h10-11H,2-9H2,1H3,(H,16,17)(H2,14,15,18)/t10-,11-/m1/s1. The maximum atomic E-state index is 11.3. The van der Waals surface area contributed by atoms with Gasteiger partial charge < -0.3 is 15.7 Å². The third-order valence-electron chi connectivity index (χ3n) is 3.39. The zero-order valence-electron chi connectivity index (χ0n) is 11.1. The van der Waals surface area contributed by atoms with Crippen LogP contribution in [0, 0.1) is 0 Å². The molecule has 1 heterocycles. The Hall–Kier alpha value is -1.26. The average molecular weight is 256 g/mol. The van der Waals surface area contributed by atoms with Gasteiger partial charge in [-0.3, -0.25) is 4.79 Å². The second-order valence-corrected chi connectivity index (χ2v) is 4.97. The lowest BCUT2D eigenvalue weighted by Crippen LogP contribution is -2.33. The predicted octanol–water partition coefficient (Wildman–Crippen LogP) is 2.26. The van der Waals surface area contributed by atoms with E-state index >= 15 is 0 Å². The fraction of sp³-hybridized carbons (Fsp3) is 0.846. The van der Waals surface area contributed by atoms with E-state index in [9.17, 15) is 9.59 Å². The van der Waals surface area contributed by atoms with Crippen LogP contribution in [0.1, 0.15) is 58.3 Å². The van der Waals surface area contributed by atoms with Crippen LogP contribution in [0.2, 0.25) is 0 Å². The summed E-state index contributed by atoms with van der Waals surface area (Å²) >= 11 is 0. The number of hydrogen-bond donors (Lipinski definition) is 3. The molecule has 1 aliphatic heterocycles. The van der Waals surface area contributed by atoms with Crippen LogP contribution in [0.5, 0.6) is 0 Å². The number of carboxylic acids is 1. The molecule has 0 spiro atoms. The first-order valence-electron chi connectivity index (χ1n) is 6.92. The van der Waals surface area contributed by atoms with E-state index in [0.717, 1.165) is 44.9 Å². The third-order valence-corrected chi connectivity index (χ3v) is 3.39. The Labute approximate surface area is 108 Å². The minimum Gasteiger partial charge on any atom is -0.481 e. The summed E-state index contributed by atoms with van der Waals surface area (Å²) in [6, 6.07) is 0.400. The van der Waals surface area contributed by atoms with Crippen molar-refractivity contribution in [2.75, 3.05) is 0 Å². The topological polar surface area (TPSA) is 78.4 Å². The van der Waals surface area contributed by atoms with Crippen LogP contribution in [-0.2, 0) is 4.79 Å². The van der Waals surface area contributed by atoms with E-state index in [1.165, 1.54) is 0 Å². The van der Waals surface area contributed by atoms with Crippen molar-refractivity contribution in [3.05, 3.63) is 0 Å². The lowest BCUT2D eigenvalue weighted by Gasteiger charge is -2.17. The molecule has 5 heteroatoms. The number of aliphatic carboxylic acids is 1. The minimum absolute atomic E-state index is 0.0633. The summed E-state index contributed by atoms with van der Waals surface area (Å²) < 4.78 is 0. The van der Waals surface area contributed by atoms with Crippen molar-refractivity contribution >= 4 is 12.0 Å². The van der Waals surface area contributed by atoms with Crippen LogP contribution in [0.3, 0.4) is 0 Å². The van der Waals surface area contributed by atoms with Gasteiger partial charge in [0.15, 0.2) is 0 Å².